The summed E-state index contributed by atoms with van der Waals surface area (Å²) in [6.07, 6.45) is 5.03. The van der Waals surface area contributed by atoms with Crippen LogP contribution in [-0.2, 0) is 9.59 Å². The molecule has 1 saturated carbocycles. The maximum atomic E-state index is 13.2. The summed E-state index contributed by atoms with van der Waals surface area (Å²) in [6.45, 7) is 0. The van der Waals surface area contributed by atoms with Gasteiger partial charge < -0.3 is 0 Å². The van der Waals surface area contributed by atoms with Crippen LogP contribution in [0.1, 0.15) is 38.5 Å². The molecule has 1 aromatic carbocycles. The van der Waals surface area contributed by atoms with Crippen LogP contribution in [0.15, 0.2) is 18.2 Å². The number of anilines is 1. The number of halogens is 2. The molecular formula is C15H15FINO2. The fourth-order valence-electron chi connectivity index (χ4n) is 3.41. The van der Waals surface area contributed by atoms with Crippen molar-refractivity contribution < 1.29 is 14.0 Å². The minimum atomic E-state index is -0.359. The fraction of sp³-hybridized carbons (Fsp3) is 0.467. The number of hydrogen-bond donors (Lipinski definition) is 0. The maximum Gasteiger partial charge on any atom is 0.234 e. The Morgan fingerprint density at radius 2 is 1.70 bits per heavy atom. The Hall–Kier alpha value is -0.980. The Morgan fingerprint density at radius 1 is 1.10 bits per heavy atom. The van der Waals surface area contributed by atoms with Gasteiger partial charge in [-0.3, -0.25) is 9.59 Å². The molecule has 20 heavy (non-hydrogen) atoms. The van der Waals surface area contributed by atoms with Crippen LogP contribution in [0.2, 0.25) is 0 Å². The van der Waals surface area contributed by atoms with Gasteiger partial charge in [-0.05, 0) is 59.0 Å². The van der Waals surface area contributed by atoms with E-state index in [9.17, 15) is 14.0 Å². The molecular weight excluding hydrogens is 372 g/mol. The third-order valence-corrected chi connectivity index (χ3v) is 5.23. The zero-order valence-corrected chi connectivity index (χ0v) is 13.2. The van der Waals surface area contributed by atoms with Gasteiger partial charge in [0.1, 0.15) is 5.82 Å². The van der Waals surface area contributed by atoms with E-state index < -0.39 is 0 Å². The minimum Gasteiger partial charge on any atom is -0.274 e. The summed E-state index contributed by atoms with van der Waals surface area (Å²) in [5.74, 6) is -0.650. The highest BCUT2D eigenvalue weighted by Gasteiger charge is 2.45. The zero-order valence-electron chi connectivity index (χ0n) is 11.0. The van der Waals surface area contributed by atoms with Gasteiger partial charge in [-0.15, -0.1) is 0 Å². The molecule has 2 amide bonds. The summed E-state index contributed by atoms with van der Waals surface area (Å²) >= 11 is 1.96. The number of carbonyl (C=O) groups is 2. The molecule has 0 bridgehead atoms. The quantitative estimate of drug-likeness (QED) is 0.545. The number of piperidine rings is 1. The van der Waals surface area contributed by atoms with Crippen molar-refractivity contribution in [1.82, 2.24) is 0 Å². The molecule has 0 atom stereocenters. The summed E-state index contributed by atoms with van der Waals surface area (Å²) < 4.78 is 13.7. The van der Waals surface area contributed by atoms with E-state index in [4.69, 9.17) is 0 Å². The summed E-state index contributed by atoms with van der Waals surface area (Å²) in [5, 5.41) is 0. The molecule has 1 aliphatic carbocycles. The van der Waals surface area contributed by atoms with E-state index in [1.165, 1.54) is 23.1 Å². The van der Waals surface area contributed by atoms with Crippen LogP contribution >= 0.6 is 22.6 Å². The first-order chi connectivity index (χ1) is 9.51. The molecule has 2 fully saturated rings. The molecule has 1 aliphatic heterocycles. The van der Waals surface area contributed by atoms with Crippen LogP contribution < -0.4 is 4.90 Å². The van der Waals surface area contributed by atoms with Crippen LogP contribution in [0.5, 0.6) is 0 Å². The molecule has 0 unspecified atom stereocenters. The zero-order chi connectivity index (χ0) is 14.3. The molecule has 3 rings (SSSR count). The molecule has 0 N–H and O–H groups in total. The fourth-order valence-corrected chi connectivity index (χ4v) is 4.13. The van der Waals surface area contributed by atoms with Crippen molar-refractivity contribution in [3.8, 4) is 0 Å². The Morgan fingerprint density at radius 3 is 2.25 bits per heavy atom. The smallest absolute Gasteiger partial charge is 0.234 e. The lowest BCUT2D eigenvalue weighted by Crippen LogP contribution is -2.47. The van der Waals surface area contributed by atoms with Gasteiger partial charge in [-0.1, -0.05) is 12.8 Å². The number of nitrogens with zero attached hydrogens (tertiary/aromatic N) is 1. The average molecular weight is 387 g/mol. The first-order valence-corrected chi connectivity index (χ1v) is 7.90. The molecule has 0 aromatic heterocycles. The third-order valence-electron chi connectivity index (χ3n) is 4.37. The van der Waals surface area contributed by atoms with E-state index >= 15 is 0 Å². The van der Waals surface area contributed by atoms with Gasteiger partial charge in [0.2, 0.25) is 11.8 Å². The Labute approximate surface area is 130 Å². The predicted molar refractivity (Wildman–Crippen MR) is 81.7 cm³/mol. The van der Waals surface area contributed by atoms with Crippen LogP contribution in [0, 0.1) is 14.8 Å². The normalized spacial score (nSPS) is 21.8. The lowest BCUT2D eigenvalue weighted by atomic mass is 9.76. The van der Waals surface area contributed by atoms with Crippen LogP contribution in [0.4, 0.5) is 10.1 Å². The topological polar surface area (TPSA) is 37.4 Å². The van der Waals surface area contributed by atoms with Crippen molar-refractivity contribution >= 4 is 40.1 Å². The summed E-state index contributed by atoms with van der Waals surface area (Å²) in [5.41, 5.74) is 0.408. The van der Waals surface area contributed by atoms with Crippen molar-refractivity contribution in [2.24, 2.45) is 5.41 Å². The van der Waals surface area contributed by atoms with E-state index in [1.807, 2.05) is 22.6 Å². The van der Waals surface area contributed by atoms with Crippen LogP contribution in [-0.4, -0.2) is 11.8 Å². The number of amides is 2. The number of rotatable bonds is 1. The standard InChI is InChI=1S/C15H15FINO2/c16-10-3-4-12(11(17)7-10)18-13(19)8-15(9-14(18)20)5-1-2-6-15/h3-4,7H,1-2,5-6,8-9H2. The van der Waals surface area contributed by atoms with Crippen molar-refractivity contribution in [3.63, 3.8) is 0 Å². The molecule has 1 heterocycles. The molecule has 1 saturated heterocycles. The molecule has 3 nitrogen and oxygen atoms in total. The first-order valence-electron chi connectivity index (χ1n) is 6.82. The number of benzene rings is 1. The predicted octanol–water partition coefficient (Wildman–Crippen LogP) is 3.64. The largest absolute Gasteiger partial charge is 0.274 e. The van der Waals surface area contributed by atoms with Gasteiger partial charge in [-0.25, -0.2) is 9.29 Å². The summed E-state index contributed by atoms with van der Waals surface area (Å²) in [4.78, 5) is 26.1. The van der Waals surface area contributed by atoms with Gasteiger partial charge in [0.05, 0.1) is 5.69 Å². The molecule has 0 radical (unpaired) electrons. The first kappa shape index (κ1) is 14.0. The van der Waals surface area contributed by atoms with Crippen molar-refractivity contribution in [2.75, 3.05) is 4.90 Å². The highest BCUT2D eigenvalue weighted by atomic mass is 127. The Balaban J connectivity index is 1.91. The second-order valence-corrected chi connectivity index (χ2v) is 6.94. The van der Waals surface area contributed by atoms with E-state index in [-0.39, 0.29) is 23.0 Å². The van der Waals surface area contributed by atoms with Crippen molar-refractivity contribution in [2.45, 2.75) is 38.5 Å². The second-order valence-electron chi connectivity index (χ2n) is 5.78. The lowest BCUT2D eigenvalue weighted by molar-refractivity contribution is -0.133. The molecule has 1 spiro atoms. The van der Waals surface area contributed by atoms with Gasteiger partial charge >= 0.3 is 0 Å². The van der Waals surface area contributed by atoms with Gasteiger partial charge in [0, 0.05) is 16.4 Å². The molecule has 2 aliphatic rings. The van der Waals surface area contributed by atoms with Crippen molar-refractivity contribution in [1.29, 1.82) is 0 Å². The average Bonchev–Trinajstić information content (AvgIpc) is 2.79. The number of carbonyl (C=O) groups excluding carboxylic acids is 2. The van der Waals surface area contributed by atoms with E-state index in [0.29, 0.717) is 22.1 Å². The maximum absolute atomic E-state index is 13.2. The third kappa shape index (κ3) is 2.36. The van der Waals surface area contributed by atoms with Crippen LogP contribution in [0.25, 0.3) is 0 Å². The van der Waals surface area contributed by atoms with Crippen LogP contribution in [0.3, 0.4) is 0 Å². The highest BCUT2D eigenvalue weighted by Crippen LogP contribution is 2.47. The Kier molecular flexibility index (Phi) is 3.56. The monoisotopic (exact) mass is 387 g/mol. The lowest BCUT2D eigenvalue weighted by Gasteiger charge is -2.37. The SMILES string of the molecule is O=C1CC2(CCCC2)CC(=O)N1c1ccc(F)cc1I. The van der Waals surface area contributed by atoms with Gasteiger partial charge in [0.15, 0.2) is 0 Å². The van der Waals surface area contributed by atoms with E-state index in [0.717, 1.165) is 25.7 Å². The van der Waals surface area contributed by atoms with Crippen molar-refractivity contribution in [3.05, 3.63) is 27.6 Å². The summed E-state index contributed by atoms with van der Waals surface area (Å²) in [7, 11) is 0. The summed E-state index contributed by atoms with van der Waals surface area (Å²) in [6, 6.07) is 4.15. The van der Waals surface area contributed by atoms with Gasteiger partial charge in [0.25, 0.3) is 0 Å². The molecule has 5 heteroatoms. The molecule has 106 valence electrons. The second kappa shape index (κ2) is 5.09. The Bertz CT molecular complexity index is 561. The highest BCUT2D eigenvalue weighted by molar-refractivity contribution is 14.1. The van der Waals surface area contributed by atoms with E-state index in [1.54, 1.807) is 0 Å². The van der Waals surface area contributed by atoms with Gasteiger partial charge in [-0.2, -0.15) is 0 Å². The number of hydrogen-bond acceptors (Lipinski definition) is 2. The van der Waals surface area contributed by atoms with E-state index in [2.05, 4.69) is 0 Å². The number of imide groups is 1. The molecule has 1 aromatic rings. The minimum absolute atomic E-state index is 0.101.